The monoisotopic (exact) mass is 442 g/mol. The molecule has 0 bridgehead atoms. The number of rotatable bonds is 4. The third kappa shape index (κ3) is 4.20. The Morgan fingerprint density at radius 3 is 2.44 bits per heavy atom. The van der Waals surface area contributed by atoms with Gasteiger partial charge in [0.2, 0.25) is 0 Å². The molecule has 0 unspecified atom stereocenters. The molecule has 0 N–H and O–H groups in total. The van der Waals surface area contributed by atoms with E-state index in [2.05, 4.69) is 20.8 Å². The average Bonchev–Trinajstić information content (AvgIpc) is 3.35. The van der Waals surface area contributed by atoms with Gasteiger partial charge in [0.15, 0.2) is 5.82 Å². The van der Waals surface area contributed by atoms with Crippen LogP contribution in [0.3, 0.4) is 0 Å². The second kappa shape index (κ2) is 9.63. The second-order valence-electron chi connectivity index (χ2n) is 7.65. The number of nitriles is 1. The minimum absolute atomic E-state index is 0. The van der Waals surface area contributed by atoms with Crippen LogP contribution in [0, 0.1) is 11.3 Å². The van der Waals surface area contributed by atoms with Gasteiger partial charge in [0.05, 0.1) is 17.0 Å². The number of benzene rings is 2. The number of nitrogens with zero attached hydrogens (tertiary/aromatic N) is 6. The molecule has 0 spiro atoms. The lowest BCUT2D eigenvalue weighted by molar-refractivity contribution is 0.627. The highest BCUT2D eigenvalue weighted by Crippen LogP contribution is 2.28. The molecule has 2 aromatic heterocycles. The van der Waals surface area contributed by atoms with E-state index in [1.807, 2.05) is 77.6 Å². The van der Waals surface area contributed by atoms with Crippen molar-refractivity contribution < 1.29 is 0 Å². The number of hydrogen-bond acceptors (Lipinski definition) is 4. The molecule has 4 aromatic rings. The van der Waals surface area contributed by atoms with Crippen molar-refractivity contribution in [1.82, 2.24) is 24.5 Å². The Balaban J connectivity index is 0.00000245. The summed E-state index contributed by atoms with van der Waals surface area (Å²) in [5.74, 6) is 1.61. The van der Waals surface area contributed by atoms with Crippen LogP contribution in [0.5, 0.6) is 0 Å². The molecule has 0 amide bonds. The van der Waals surface area contributed by atoms with E-state index in [-0.39, 0.29) is 12.4 Å². The van der Waals surface area contributed by atoms with E-state index in [0.717, 1.165) is 54.1 Å². The molecule has 2 aromatic carbocycles. The fraction of sp³-hybridized carbons (Fsp3) is 0.200. The molecule has 0 saturated heterocycles. The van der Waals surface area contributed by atoms with Crippen molar-refractivity contribution in [2.45, 2.75) is 32.2 Å². The molecule has 1 aliphatic rings. The first kappa shape index (κ1) is 21.5. The van der Waals surface area contributed by atoms with E-state index < -0.39 is 0 Å². The van der Waals surface area contributed by atoms with Gasteiger partial charge in [-0.3, -0.25) is 0 Å². The van der Waals surface area contributed by atoms with E-state index in [0.29, 0.717) is 11.4 Å². The lowest BCUT2D eigenvalue weighted by Gasteiger charge is -2.06. The van der Waals surface area contributed by atoms with Crippen LogP contribution >= 0.6 is 12.4 Å². The van der Waals surface area contributed by atoms with Gasteiger partial charge in [0.25, 0.3) is 0 Å². The van der Waals surface area contributed by atoms with Crippen molar-refractivity contribution in [3.05, 3.63) is 84.1 Å². The topological polar surface area (TPSA) is 72.3 Å². The summed E-state index contributed by atoms with van der Waals surface area (Å²) in [6, 6.07) is 22.4. The maximum atomic E-state index is 9.99. The molecule has 32 heavy (non-hydrogen) atoms. The van der Waals surface area contributed by atoms with Crippen LogP contribution < -0.4 is 0 Å². The molecule has 3 heterocycles. The molecule has 0 aliphatic carbocycles. The lowest BCUT2D eigenvalue weighted by Crippen LogP contribution is -2.05. The first-order valence-electron chi connectivity index (χ1n) is 10.6. The second-order valence-corrected chi connectivity index (χ2v) is 7.65. The number of hydrogen-bond donors (Lipinski definition) is 0. The summed E-state index contributed by atoms with van der Waals surface area (Å²) < 4.78 is 3.96. The molecule has 160 valence electrons. The number of halogens is 1. The SMILES string of the molecule is Cl.N#C/C(=C/c1cn(-c2ccccc2)nc1-c1ccccc1)c1nnc2n1CCCCC2. The minimum atomic E-state index is 0. The van der Waals surface area contributed by atoms with Gasteiger partial charge in [0.1, 0.15) is 11.9 Å². The molecule has 0 fully saturated rings. The summed E-state index contributed by atoms with van der Waals surface area (Å²) in [5.41, 5.74) is 4.17. The highest BCUT2D eigenvalue weighted by atomic mass is 35.5. The number of aromatic nitrogens is 5. The normalized spacial score (nSPS) is 13.5. The standard InChI is InChI=1S/C25H22N6.ClH/c26-17-20(25-28-27-23-14-8-3-9-15-30(23)25)16-21-18-31(22-12-6-2-7-13-22)29-24(21)19-10-4-1-5-11-19;/h1-2,4-7,10-13,16,18H,3,8-9,14-15H2;1H/b20-16-;. The average molecular weight is 443 g/mol. The predicted molar refractivity (Wildman–Crippen MR) is 127 cm³/mol. The summed E-state index contributed by atoms with van der Waals surface area (Å²) >= 11 is 0. The fourth-order valence-electron chi connectivity index (χ4n) is 4.01. The van der Waals surface area contributed by atoms with E-state index in [9.17, 15) is 5.26 Å². The third-order valence-electron chi connectivity index (χ3n) is 5.58. The summed E-state index contributed by atoms with van der Waals surface area (Å²) in [7, 11) is 0. The summed E-state index contributed by atoms with van der Waals surface area (Å²) in [4.78, 5) is 0. The van der Waals surface area contributed by atoms with Gasteiger partial charge < -0.3 is 4.57 Å². The van der Waals surface area contributed by atoms with Crippen LogP contribution in [0.25, 0.3) is 28.6 Å². The van der Waals surface area contributed by atoms with Gasteiger partial charge in [-0.2, -0.15) is 10.4 Å². The van der Waals surface area contributed by atoms with Gasteiger partial charge in [-0.15, -0.1) is 22.6 Å². The van der Waals surface area contributed by atoms with Crippen molar-refractivity contribution >= 4 is 24.1 Å². The van der Waals surface area contributed by atoms with E-state index in [1.54, 1.807) is 0 Å². The third-order valence-corrected chi connectivity index (χ3v) is 5.58. The molecule has 6 nitrogen and oxygen atoms in total. The van der Waals surface area contributed by atoms with Crippen LogP contribution in [0.15, 0.2) is 66.9 Å². The smallest absolute Gasteiger partial charge is 0.174 e. The van der Waals surface area contributed by atoms with Gasteiger partial charge in [-0.25, -0.2) is 4.68 Å². The maximum absolute atomic E-state index is 9.99. The van der Waals surface area contributed by atoms with Crippen molar-refractivity contribution in [1.29, 1.82) is 5.26 Å². The van der Waals surface area contributed by atoms with Gasteiger partial charge in [-0.1, -0.05) is 55.0 Å². The van der Waals surface area contributed by atoms with Gasteiger partial charge in [0, 0.05) is 30.3 Å². The molecule has 0 radical (unpaired) electrons. The van der Waals surface area contributed by atoms with Gasteiger partial charge in [-0.05, 0) is 31.1 Å². The molecular weight excluding hydrogens is 420 g/mol. The van der Waals surface area contributed by atoms with Crippen LogP contribution in [0.2, 0.25) is 0 Å². The van der Waals surface area contributed by atoms with Crippen LogP contribution in [-0.2, 0) is 13.0 Å². The molecular formula is C25H23ClN6. The Morgan fingerprint density at radius 1 is 0.938 bits per heavy atom. The first-order valence-corrected chi connectivity index (χ1v) is 10.6. The number of fused-ring (bicyclic) bond motifs is 1. The molecule has 0 saturated carbocycles. The Bertz CT molecular complexity index is 1270. The van der Waals surface area contributed by atoms with Crippen LogP contribution in [-0.4, -0.2) is 24.5 Å². The van der Waals surface area contributed by atoms with Crippen molar-refractivity contribution in [3.8, 4) is 23.0 Å². The molecule has 0 atom stereocenters. The quantitative estimate of drug-likeness (QED) is 0.400. The highest BCUT2D eigenvalue weighted by Gasteiger charge is 2.19. The van der Waals surface area contributed by atoms with E-state index >= 15 is 0 Å². The Hall–Kier alpha value is -3.69. The first-order chi connectivity index (χ1) is 15.3. The zero-order valence-corrected chi connectivity index (χ0v) is 18.4. The zero-order valence-electron chi connectivity index (χ0n) is 17.6. The number of para-hydroxylation sites is 1. The van der Waals surface area contributed by atoms with E-state index in [4.69, 9.17) is 5.10 Å². The van der Waals surface area contributed by atoms with Crippen LogP contribution in [0.1, 0.15) is 36.5 Å². The molecule has 5 rings (SSSR count). The molecule has 7 heteroatoms. The fourth-order valence-corrected chi connectivity index (χ4v) is 4.01. The molecule has 1 aliphatic heterocycles. The van der Waals surface area contributed by atoms with Crippen molar-refractivity contribution in [2.24, 2.45) is 0 Å². The lowest BCUT2D eigenvalue weighted by atomic mass is 10.1. The largest absolute Gasteiger partial charge is 0.310 e. The number of aryl methyl sites for hydroxylation is 1. The summed E-state index contributed by atoms with van der Waals surface area (Å²) in [5, 5.41) is 23.6. The Kier molecular flexibility index (Phi) is 6.48. The number of allylic oxidation sites excluding steroid dienone is 1. The predicted octanol–water partition coefficient (Wildman–Crippen LogP) is 5.34. The summed E-state index contributed by atoms with van der Waals surface area (Å²) in [6.45, 7) is 0.853. The van der Waals surface area contributed by atoms with Crippen molar-refractivity contribution in [3.63, 3.8) is 0 Å². The van der Waals surface area contributed by atoms with Crippen LogP contribution in [0.4, 0.5) is 0 Å². The maximum Gasteiger partial charge on any atom is 0.174 e. The highest BCUT2D eigenvalue weighted by molar-refractivity contribution is 5.90. The summed E-state index contributed by atoms with van der Waals surface area (Å²) in [6.07, 6.45) is 8.14. The Labute approximate surface area is 193 Å². The van der Waals surface area contributed by atoms with Gasteiger partial charge >= 0.3 is 0 Å². The van der Waals surface area contributed by atoms with E-state index in [1.165, 1.54) is 6.42 Å². The minimum Gasteiger partial charge on any atom is -0.310 e. The Morgan fingerprint density at radius 2 is 1.69 bits per heavy atom. The zero-order chi connectivity index (χ0) is 21.0. The van der Waals surface area contributed by atoms with Crippen molar-refractivity contribution in [2.75, 3.05) is 0 Å².